The summed E-state index contributed by atoms with van der Waals surface area (Å²) < 4.78 is 0. The molecule has 0 unspecified atom stereocenters. The Morgan fingerprint density at radius 1 is 1.50 bits per heavy atom. The monoisotopic (exact) mass is 244 g/mol. The molecule has 0 radical (unpaired) electrons. The number of anilines is 1. The van der Waals surface area contributed by atoms with E-state index in [-0.39, 0.29) is 0 Å². The minimum atomic E-state index is 0.495. The molecule has 1 aromatic rings. The van der Waals surface area contributed by atoms with Gasteiger partial charge in [-0.3, -0.25) is 0 Å². The highest BCUT2D eigenvalue weighted by atomic mass is 15.2. The maximum absolute atomic E-state index is 9.12. The second-order valence-corrected chi connectivity index (χ2v) is 4.76. The van der Waals surface area contributed by atoms with Crippen molar-refractivity contribution in [2.75, 3.05) is 31.6 Å². The molecule has 0 aromatic carbocycles. The van der Waals surface area contributed by atoms with Crippen LogP contribution in [-0.2, 0) is 0 Å². The predicted octanol–water partition coefficient (Wildman–Crippen LogP) is 1.87. The molecular weight excluding hydrogens is 224 g/mol. The summed E-state index contributed by atoms with van der Waals surface area (Å²) in [6, 6.07) is 6.36. The highest BCUT2D eigenvalue weighted by molar-refractivity contribution is 5.53. The van der Waals surface area contributed by atoms with Crippen LogP contribution in [0.25, 0.3) is 0 Å². The van der Waals surface area contributed by atoms with Crippen LogP contribution in [0.2, 0.25) is 0 Å². The topological polar surface area (TPSA) is 43.2 Å². The van der Waals surface area contributed by atoms with Gasteiger partial charge in [0.05, 0.1) is 5.56 Å². The normalized spacial score (nSPS) is 17.4. The number of nitrogens with zero attached hydrogens (tertiary/aromatic N) is 4. The second kappa shape index (κ2) is 5.83. The predicted molar refractivity (Wildman–Crippen MR) is 72.5 cm³/mol. The molecule has 2 heterocycles. The maximum atomic E-state index is 9.12. The van der Waals surface area contributed by atoms with E-state index in [1.807, 2.05) is 12.1 Å². The first-order valence-corrected chi connectivity index (χ1v) is 6.56. The van der Waals surface area contributed by atoms with Crippen LogP contribution in [0.1, 0.15) is 25.3 Å². The molecule has 0 saturated carbocycles. The maximum Gasteiger partial charge on any atom is 0.146 e. The molecule has 4 heteroatoms. The first kappa shape index (κ1) is 12.8. The van der Waals surface area contributed by atoms with Gasteiger partial charge in [0, 0.05) is 32.4 Å². The van der Waals surface area contributed by atoms with E-state index in [0.717, 1.165) is 38.3 Å². The van der Waals surface area contributed by atoms with E-state index in [1.165, 1.54) is 0 Å². The zero-order valence-electron chi connectivity index (χ0n) is 11.1. The van der Waals surface area contributed by atoms with E-state index in [9.17, 15) is 0 Å². The Labute approximate surface area is 109 Å². The van der Waals surface area contributed by atoms with E-state index in [0.29, 0.717) is 11.6 Å². The average Bonchev–Trinajstić information content (AvgIpc) is 2.46. The number of piperidine rings is 1. The summed E-state index contributed by atoms with van der Waals surface area (Å²) in [5.41, 5.74) is 0.665. The Hall–Kier alpha value is -1.60. The SMILES string of the molecule is CCN1CCC(N(C)c2ncccc2C#N)CC1. The minimum absolute atomic E-state index is 0.495. The molecule has 1 aromatic heterocycles. The van der Waals surface area contributed by atoms with Crippen LogP contribution in [0, 0.1) is 11.3 Å². The van der Waals surface area contributed by atoms with Crippen LogP contribution in [0.5, 0.6) is 0 Å². The number of hydrogen-bond donors (Lipinski definition) is 0. The Kier molecular flexibility index (Phi) is 4.16. The van der Waals surface area contributed by atoms with Gasteiger partial charge in [-0.25, -0.2) is 4.98 Å². The average molecular weight is 244 g/mol. The lowest BCUT2D eigenvalue weighted by molar-refractivity contribution is 0.220. The molecule has 0 aliphatic carbocycles. The third-order valence-electron chi connectivity index (χ3n) is 3.79. The number of aromatic nitrogens is 1. The van der Waals surface area contributed by atoms with Crippen molar-refractivity contribution in [2.45, 2.75) is 25.8 Å². The van der Waals surface area contributed by atoms with Crippen LogP contribution in [0.4, 0.5) is 5.82 Å². The molecule has 2 rings (SSSR count). The van der Waals surface area contributed by atoms with Crippen molar-refractivity contribution in [1.82, 2.24) is 9.88 Å². The molecule has 1 aliphatic heterocycles. The summed E-state index contributed by atoms with van der Waals surface area (Å²) in [5.74, 6) is 0.815. The highest BCUT2D eigenvalue weighted by Gasteiger charge is 2.23. The van der Waals surface area contributed by atoms with Crippen molar-refractivity contribution in [3.8, 4) is 6.07 Å². The molecule has 0 N–H and O–H groups in total. The molecule has 4 nitrogen and oxygen atoms in total. The van der Waals surface area contributed by atoms with Crippen LogP contribution in [-0.4, -0.2) is 42.6 Å². The zero-order chi connectivity index (χ0) is 13.0. The van der Waals surface area contributed by atoms with E-state index < -0.39 is 0 Å². The first-order chi connectivity index (χ1) is 8.76. The van der Waals surface area contributed by atoms with Gasteiger partial charge in [0.25, 0.3) is 0 Å². The van der Waals surface area contributed by atoms with E-state index in [1.54, 1.807) is 6.20 Å². The molecule has 1 saturated heterocycles. The minimum Gasteiger partial charge on any atom is -0.356 e. The van der Waals surface area contributed by atoms with Crippen molar-refractivity contribution in [2.24, 2.45) is 0 Å². The van der Waals surface area contributed by atoms with Gasteiger partial charge in [-0.1, -0.05) is 6.92 Å². The molecule has 18 heavy (non-hydrogen) atoms. The lowest BCUT2D eigenvalue weighted by atomic mass is 10.0. The Morgan fingerprint density at radius 2 is 2.22 bits per heavy atom. The molecule has 1 aliphatic rings. The summed E-state index contributed by atoms with van der Waals surface area (Å²) in [4.78, 5) is 8.99. The highest BCUT2D eigenvalue weighted by Crippen LogP contribution is 2.22. The lowest BCUT2D eigenvalue weighted by Gasteiger charge is -2.37. The number of hydrogen-bond acceptors (Lipinski definition) is 4. The van der Waals surface area contributed by atoms with Crippen LogP contribution >= 0.6 is 0 Å². The smallest absolute Gasteiger partial charge is 0.146 e. The van der Waals surface area contributed by atoms with Crippen molar-refractivity contribution in [1.29, 1.82) is 5.26 Å². The third kappa shape index (κ3) is 2.62. The summed E-state index contributed by atoms with van der Waals surface area (Å²) in [6.45, 7) is 5.61. The van der Waals surface area contributed by atoms with Crippen molar-refractivity contribution < 1.29 is 0 Å². The van der Waals surface area contributed by atoms with Gasteiger partial charge in [-0.2, -0.15) is 5.26 Å². The van der Waals surface area contributed by atoms with E-state index in [4.69, 9.17) is 5.26 Å². The van der Waals surface area contributed by atoms with Crippen molar-refractivity contribution >= 4 is 5.82 Å². The van der Waals surface area contributed by atoms with Crippen LogP contribution in [0.15, 0.2) is 18.3 Å². The molecule has 0 bridgehead atoms. The Morgan fingerprint density at radius 3 is 2.83 bits per heavy atom. The van der Waals surface area contributed by atoms with Gasteiger partial charge >= 0.3 is 0 Å². The van der Waals surface area contributed by atoms with Gasteiger partial charge in [-0.05, 0) is 31.5 Å². The van der Waals surface area contributed by atoms with Gasteiger partial charge in [0.1, 0.15) is 11.9 Å². The van der Waals surface area contributed by atoms with Gasteiger partial charge < -0.3 is 9.80 Å². The summed E-state index contributed by atoms with van der Waals surface area (Å²) in [6.07, 6.45) is 4.05. The fourth-order valence-electron chi connectivity index (χ4n) is 2.56. The van der Waals surface area contributed by atoms with E-state index in [2.05, 4.69) is 34.8 Å². The molecule has 0 atom stereocenters. The molecular formula is C14H20N4. The summed E-state index contributed by atoms with van der Waals surface area (Å²) in [7, 11) is 2.05. The van der Waals surface area contributed by atoms with E-state index >= 15 is 0 Å². The first-order valence-electron chi connectivity index (χ1n) is 6.56. The van der Waals surface area contributed by atoms with Crippen molar-refractivity contribution in [3.63, 3.8) is 0 Å². The standard InChI is InChI=1S/C14H20N4/c1-3-18-9-6-13(7-10-18)17(2)14-12(11-15)5-4-8-16-14/h4-5,8,13H,3,6-7,9-10H2,1-2H3. The van der Waals surface area contributed by atoms with Crippen LogP contribution < -0.4 is 4.90 Å². The summed E-state index contributed by atoms with van der Waals surface area (Å²) >= 11 is 0. The molecule has 0 spiro atoms. The summed E-state index contributed by atoms with van der Waals surface area (Å²) in [5, 5.41) is 9.12. The Bertz CT molecular complexity index is 430. The van der Waals surface area contributed by atoms with Crippen molar-refractivity contribution in [3.05, 3.63) is 23.9 Å². The Balaban J connectivity index is 2.08. The zero-order valence-corrected chi connectivity index (χ0v) is 11.1. The van der Waals surface area contributed by atoms with Gasteiger partial charge in [0.15, 0.2) is 0 Å². The number of nitriles is 1. The fourth-order valence-corrected chi connectivity index (χ4v) is 2.56. The van der Waals surface area contributed by atoms with Gasteiger partial charge in [-0.15, -0.1) is 0 Å². The molecule has 96 valence electrons. The number of pyridine rings is 1. The number of rotatable bonds is 3. The van der Waals surface area contributed by atoms with Crippen LogP contribution in [0.3, 0.4) is 0 Å². The lowest BCUT2D eigenvalue weighted by Crippen LogP contribution is -2.43. The number of likely N-dealkylation sites (tertiary alicyclic amines) is 1. The fraction of sp³-hybridized carbons (Fsp3) is 0.571. The third-order valence-corrected chi connectivity index (χ3v) is 3.79. The quantitative estimate of drug-likeness (QED) is 0.814. The largest absolute Gasteiger partial charge is 0.356 e. The second-order valence-electron chi connectivity index (χ2n) is 4.76. The molecule has 0 amide bonds. The van der Waals surface area contributed by atoms with Gasteiger partial charge in [0.2, 0.25) is 0 Å². The molecule has 1 fully saturated rings.